The quantitative estimate of drug-likeness (QED) is 0.697. The van der Waals surface area contributed by atoms with Crippen molar-refractivity contribution in [2.75, 3.05) is 5.32 Å². The number of anilines is 1. The molecule has 24 heavy (non-hydrogen) atoms. The molecule has 1 amide bonds. The van der Waals surface area contributed by atoms with Crippen LogP contribution in [0.15, 0.2) is 36.4 Å². The van der Waals surface area contributed by atoms with Gasteiger partial charge in [0.25, 0.3) is 5.91 Å². The van der Waals surface area contributed by atoms with Crippen LogP contribution in [0.2, 0.25) is 5.02 Å². The highest BCUT2D eigenvalue weighted by atomic mass is 35.5. The predicted octanol–water partition coefficient (Wildman–Crippen LogP) is 5.15. The van der Waals surface area contributed by atoms with Gasteiger partial charge in [0.05, 0.1) is 5.69 Å². The zero-order valence-corrected chi connectivity index (χ0v) is 13.9. The molecule has 0 saturated carbocycles. The molecule has 3 aromatic rings. The SMILES string of the molecule is CCn1c(C(=O)Nc2cc(F)ccc2F)c(C)c2cc(Cl)ccc21. The van der Waals surface area contributed by atoms with Gasteiger partial charge in [-0.1, -0.05) is 11.6 Å². The molecule has 0 aliphatic carbocycles. The third kappa shape index (κ3) is 2.76. The van der Waals surface area contributed by atoms with Crippen molar-refractivity contribution in [2.24, 2.45) is 0 Å². The molecular weight excluding hydrogens is 334 g/mol. The summed E-state index contributed by atoms with van der Waals surface area (Å²) in [5.41, 5.74) is 1.82. The van der Waals surface area contributed by atoms with Gasteiger partial charge in [0.1, 0.15) is 17.3 Å². The maximum Gasteiger partial charge on any atom is 0.272 e. The summed E-state index contributed by atoms with van der Waals surface area (Å²) in [5.74, 6) is -1.80. The Hall–Kier alpha value is -2.40. The minimum atomic E-state index is -0.690. The number of rotatable bonds is 3. The highest BCUT2D eigenvalue weighted by molar-refractivity contribution is 6.31. The Kier molecular flexibility index (Phi) is 4.28. The molecule has 3 nitrogen and oxygen atoms in total. The summed E-state index contributed by atoms with van der Waals surface area (Å²) in [7, 11) is 0. The summed E-state index contributed by atoms with van der Waals surface area (Å²) in [4.78, 5) is 12.7. The molecule has 0 spiro atoms. The third-order valence-corrected chi connectivity index (χ3v) is 4.22. The maximum atomic E-state index is 13.8. The molecular formula is C18H15ClF2N2O. The molecule has 124 valence electrons. The Morgan fingerprint density at radius 3 is 2.67 bits per heavy atom. The van der Waals surface area contributed by atoms with Gasteiger partial charge in [0, 0.05) is 28.5 Å². The maximum absolute atomic E-state index is 13.8. The van der Waals surface area contributed by atoms with Gasteiger partial charge < -0.3 is 9.88 Å². The topological polar surface area (TPSA) is 34.0 Å². The largest absolute Gasteiger partial charge is 0.337 e. The monoisotopic (exact) mass is 348 g/mol. The van der Waals surface area contributed by atoms with Crippen LogP contribution in [0.5, 0.6) is 0 Å². The lowest BCUT2D eigenvalue weighted by Crippen LogP contribution is -2.18. The summed E-state index contributed by atoms with van der Waals surface area (Å²) in [6.07, 6.45) is 0. The standard InChI is InChI=1S/C18H15ClF2N2O/c1-3-23-16-7-4-11(19)8-13(16)10(2)17(23)18(24)22-15-9-12(20)5-6-14(15)21/h4-9H,3H2,1-2H3,(H,22,24). The summed E-state index contributed by atoms with van der Waals surface area (Å²) in [6.45, 7) is 4.27. The average molecular weight is 349 g/mol. The fraction of sp³-hybridized carbons (Fsp3) is 0.167. The van der Waals surface area contributed by atoms with Gasteiger partial charge in [-0.15, -0.1) is 0 Å². The highest BCUT2D eigenvalue weighted by Crippen LogP contribution is 2.29. The number of hydrogen-bond donors (Lipinski definition) is 1. The van der Waals surface area contributed by atoms with E-state index < -0.39 is 17.5 Å². The van der Waals surface area contributed by atoms with Gasteiger partial charge in [-0.3, -0.25) is 4.79 Å². The van der Waals surface area contributed by atoms with Crippen LogP contribution in [0, 0.1) is 18.6 Å². The molecule has 0 fully saturated rings. The highest BCUT2D eigenvalue weighted by Gasteiger charge is 2.20. The second-order valence-corrected chi connectivity index (χ2v) is 5.89. The van der Waals surface area contributed by atoms with E-state index in [1.165, 1.54) is 0 Å². The lowest BCUT2D eigenvalue weighted by atomic mass is 10.1. The van der Waals surface area contributed by atoms with Crippen molar-refractivity contribution >= 4 is 34.1 Å². The van der Waals surface area contributed by atoms with Crippen molar-refractivity contribution in [3.05, 3.63) is 64.3 Å². The molecule has 0 radical (unpaired) electrons. The van der Waals surface area contributed by atoms with Gasteiger partial charge in [0.15, 0.2) is 0 Å². The Morgan fingerprint density at radius 2 is 1.96 bits per heavy atom. The third-order valence-electron chi connectivity index (χ3n) is 3.99. The van der Waals surface area contributed by atoms with Gasteiger partial charge in [-0.05, 0) is 49.7 Å². The number of hydrogen-bond acceptors (Lipinski definition) is 1. The number of benzene rings is 2. The number of aryl methyl sites for hydroxylation is 2. The van der Waals surface area contributed by atoms with Gasteiger partial charge in [-0.25, -0.2) is 8.78 Å². The van der Waals surface area contributed by atoms with Gasteiger partial charge in [0.2, 0.25) is 0 Å². The van der Waals surface area contributed by atoms with Crippen molar-refractivity contribution in [2.45, 2.75) is 20.4 Å². The number of amides is 1. The average Bonchev–Trinajstić information content (AvgIpc) is 2.82. The van der Waals surface area contributed by atoms with Crippen LogP contribution in [0.1, 0.15) is 23.0 Å². The van der Waals surface area contributed by atoms with Crippen LogP contribution in [0.25, 0.3) is 10.9 Å². The first-order valence-electron chi connectivity index (χ1n) is 7.47. The fourth-order valence-electron chi connectivity index (χ4n) is 2.89. The molecule has 0 unspecified atom stereocenters. The summed E-state index contributed by atoms with van der Waals surface area (Å²) >= 11 is 6.04. The lowest BCUT2D eigenvalue weighted by Gasteiger charge is -2.10. The van der Waals surface area contributed by atoms with Crippen LogP contribution >= 0.6 is 11.6 Å². The van der Waals surface area contributed by atoms with E-state index in [-0.39, 0.29) is 5.69 Å². The Balaban J connectivity index is 2.09. The second kappa shape index (κ2) is 6.24. The smallest absolute Gasteiger partial charge is 0.272 e. The molecule has 0 aliphatic rings. The number of halogens is 3. The first-order chi connectivity index (χ1) is 11.4. The second-order valence-electron chi connectivity index (χ2n) is 5.46. The van der Waals surface area contributed by atoms with Gasteiger partial charge >= 0.3 is 0 Å². The molecule has 2 aromatic carbocycles. The van der Waals surface area contributed by atoms with Crippen molar-refractivity contribution in [3.63, 3.8) is 0 Å². The van der Waals surface area contributed by atoms with Crippen LogP contribution in [0.3, 0.4) is 0 Å². The van der Waals surface area contributed by atoms with E-state index in [2.05, 4.69) is 5.32 Å². The molecule has 3 rings (SSSR count). The minimum absolute atomic E-state index is 0.189. The lowest BCUT2D eigenvalue weighted by molar-refractivity contribution is 0.101. The van der Waals surface area contributed by atoms with E-state index in [1.807, 2.05) is 24.5 Å². The number of aromatic nitrogens is 1. The van der Waals surface area contributed by atoms with E-state index in [0.717, 1.165) is 34.7 Å². The van der Waals surface area contributed by atoms with Crippen molar-refractivity contribution in [3.8, 4) is 0 Å². The van der Waals surface area contributed by atoms with Crippen molar-refractivity contribution in [1.82, 2.24) is 4.57 Å². The first-order valence-corrected chi connectivity index (χ1v) is 7.85. The zero-order chi connectivity index (χ0) is 17.4. The van der Waals surface area contributed by atoms with Crippen LogP contribution in [-0.4, -0.2) is 10.5 Å². The van der Waals surface area contributed by atoms with Crippen molar-refractivity contribution in [1.29, 1.82) is 0 Å². The molecule has 0 bridgehead atoms. The van der Waals surface area contributed by atoms with E-state index in [4.69, 9.17) is 11.6 Å². The van der Waals surface area contributed by atoms with Crippen LogP contribution in [-0.2, 0) is 6.54 Å². The Bertz CT molecular complexity index is 950. The van der Waals surface area contributed by atoms with Crippen molar-refractivity contribution < 1.29 is 13.6 Å². The number of carbonyl (C=O) groups excluding carboxylic acids is 1. The van der Waals surface area contributed by atoms with Crippen LogP contribution < -0.4 is 5.32 Å². The molecule has 1 aromatic heterocycles. The fourth-order valence-corrected chi connectivity index (χ4v) is 3.06. The normalized spacial score (nSPS) is 11.0. The van der Waals surface area contributed by atoms with Gasteiger partial charge in [-0.2, -0.15) is 0 Å². The Morgan fingerprint density at radius 1 is 1.21 bits per heavy atom. The molecule has 0 aliphatic heterocycles. The summed E-state index contributed by atoms with van der Waals surface area (Å²) in [6, 6.07) is 8.32. The number of nitrogens with one attached hydrogen (secondary N) is 1. The van der Waals surface area contributed by atoms with E-state index >= 15 is 0 Å². The van der Waals surface area contributed by atoms with E-state index in [9.17, 15) is 13.6 Å². The molecule has 6 heteroatoms. The van der Waals surface area contributed by atoms with E-state index in [0.29, 0.717) is 17.3 Å². The molecule has 1 N–H and O–H groups in total. The summed E-state index contributed by atoms with van der Waals surface area (Å²) < 4.78 is 28.9. The Labute approximate surface area is 142 Å². The first kappa shape index (κ1) is 16.5. The number of fused-ring (bicyclic) bond motifs is 1. The summed E-state index contributed by atoms with van der Waals surface area (Å²) in [5, 5.41) is 3.88. The molecule has 0 atom stereocenters. The zero-order valence-electron chi connectivity index (χ0n) is 13.2. The molecule has 0 saturated heterocycles. The van der Waals surface area contributed by atoms with E-state index in [1.54, 1.807) is 12.1 Å². The molecule has 1 heterocycles. The number of nitrogens with zero attached hydrogens (tertiary/aromatic N) is 1. The van der Waals surface area contributed by atoms with Crippen LogP contribution in [0.4, 0.5) is 14.5 Å². The predicted molar refractivity (Wildman–Crippen MR) is 91.7 cm³/mol. The minimum Gasteiger partial charge on any atom is -0.337 e. The number of carbonyl (C=O) groups is 1.